The van der Waals surface area contributed by atoms with Crippen LogP contribution in [0, 0.1) is 12.8 Å². The summed E-state index contributed by atoms with van der Waals surface area (Å²) in [5, 5.41) is 0. The van der Waals surface area contributed by atoms with Crippen molar-refractivity contribution in [2.75, 3.05) is 13.1 Å². The van der Waals surface area contributed by atoms with E-state index in [9.17, 15) is 4.79 Å². The van der Waals surface area contributed by atoms with Crippen molar-refractivity contribution < 1.29 is 4.79 Å². The second-order valence-corrected chi connectivity index (χ2v) is 5.91. The molecule has 2 rings (SSSR count). The monoisotopic (exact) mass is 310 g/mol. The number of nitrogens with two attached hydrogens (primary N) is 1. The predicted molar refractivity (Wildman–Crippen MR) is 76.5 cm³/mol. The van der Waals surface area contributed by atoms with E-state index < -0.39 is 0 Å². The van der Waals surface area contributed by atoms with E-state index in [-0.39, 0.29) is 11.9 Å². The minimum atomic E-state index is 0.0768. The zero-order valence-electron chi connectivity index (χ0n) is 10.8. The summed E-state index contributed by atoms with van der Waals surface area (Å²) >= 11 is 3.50. The number of carbonyl (C=O) groups excluding carboxylic acids is 1. The number of benzene rings is 1. The normalized spacial score (nSPS) is 24.1. The van der Waals surface area contributed by atoms with Gasteiger partial charge in [-0.25, -0.2) is 0 Å². The molecule has 2 unspecified atom stereocenters. The van der Waals surface area contributed by atoms with Crippen LogP contribution in [0.3, 0.4) is 0 Å². The zero-order valence-corrected chi connectivity index (χ0v) is 12.4. The number of aryl methyl sites for hydroxylation is 1. The molecule has 2 N–H and O–H groups in total. The molecular weight excluding hydrogens is 292 g/mol. The first-order valence-electron chi connectivity index (χ1n) is 6.30. The van der Waals surface area contributed by atoms with Crippen molar-refractivity contribution in [3.05, 3.63) is 33.8 Å². The van der Waals surface area contributed by atoms with E-state index in [1.807, 2.05) is 30.0 Å². The molecule has 3 nitrogen and oxygen atoms in total. The molecule has 1 aliphatic heterocycles. The number of amides is 1. The van der Waals surface area contributed by atoms with Crippen LogP contribution in [0.15, 0.2) is 22.7 Å². The Morgan fingerprint density at radius 3 is 2.89 bits per heavy atom. The van der Waals surface area contributed by atoms with Gasteiger partial charge in [0.2, 0.25) is 0 Å². The summed E-state index contributed by atoms with van der Waals surface area (Å²) in [6, 6.07) is 5.86. The molecule has 18 heavy (non-hydrogen) atoms. The van der Waals surface area contributed by atoms with Gasteiger partial charge in [0.05, 0.1) is 5.56 Å². The molecule has 2 atom stereocenters. The van der Waals surface area contributed by atoms with Crippen molar-refractivity contribution in [2.45, 2.75) is 26.3 Å². The number of hydrogen-bond acceptors (Lipinski definition) is 2. The number of carbonyl (C=O) groups is 1. The molecule has 98 valence electrons. The molecule has 0 aromatic heterocycles. The minimum Gasteiger partial charge on any atom is -0.337 e. The quantitative estimate of drug-likeness (QED) is 0.866. The third kappa shape index (κ3) is 2.59. The molecule has 0 bridgehead atoms. The fourth-order valence-electron chi connectivity index (χ4n) is 2.27. The fraction of sp³-hybridized carbons (Fsp3) is 0.500. The number of nitrogens with zero attached hydrogens (tertiary/aromatic N) is 1. The molecule has 0 radical (unpaired) electrons. The van der Waals surface area contributed by atoms with Gasteiger partial charge in [-0.1, -0.05) is 19.1 Å². The molecule has 1 fully saturated rings. The lowest BCUT2D eigenvalue weighted by Gasteiger charge is -2.35. The van der Waals surface area contributed by atoms with E-state index >= 15 is 0 Å². The zero-order chi connectivity index (χ0) is 13.3. The second-order valence-electron chi connectivity index (χ2n) is 5.12. The van der Waals surface area contributed by atoms with Crippen LogP contribution < -0.4 is 5.73 Å². The molecule has 1 saturated heterocycles. The van der Waals surface area contributed by atoms with Crippen molar-refractivity contribution in [3.8, 4) is 0 Å². The Bertz CT molecular complexity index is 461. The molecular formula is C14H19BrN2O. The van der Waals surface area contributed by atoms with Gasteiger partial charge in [-0.05, 0) is 46.8 Å². The first kappa shape index (κ1) is 13.6. The van der Waals surface area contributed by atoms with Crippen LogP contribution in [0.2, 0.25) is 0 Å². The molecule has 1 heterocycles. The molecule has 4 heteroatoms. The predicted octanol–water partition coefficient (Wildman–Crippen LogP) is 2.57. The van der Waals surface area contributed by atoms with Gasteiger partial charge < -0.3 is 10.6 Å². The highest BCUT2D eigenvalue weighted by atomic mass is 79.9. The van der Waals surface area contributed by atoms with Gasteiger partial charge in [0.25, 0.3) is 5.91 Å². The average Bonchev–Trinajstić information content (AvgIpc) is 2.35. The highest BCUT2D eigenvalue weighted by Gasteiger charge is 2.27. The lowest BCUT2D eigenvalue weighted by Crippen LogP contribution is -2.49. The first-order valence-corrected chi connectivity index (χ1v) is 7.10. The van der Waals surface area contributed by atoms with Crippen LogP contribution in [0.4, 0.5) is 0 Å². The lowest BCUT2D eigenvalue weighted by molar-refractivity contribution is 0.0671. The standard InChI is InChI=1S/C14H19BrN2O/c1-9-6-7-17(8-12(9)16)14(18)11-5-3-4-10(2)13(11)15/h3-5,9,12H,6-8,16H2,1-2H3. The highest BCUT2D eigenvalue weighted by Crippen LogP contribution is 2.24. The van der Waals surface area contributed by atoms with Crippen molar-refractivity contribution in [2.24, 2.45) is 11.7 Å². The van der Waals surface area contributed by atoms with E-state index in [0.29, 0.717) is 12.5 Å². The maximum Gasteiger partial charge on any atom is 0.255 e. The Hall–Kier alpha value is -0.870. The summed E-state index contributed by atoms with van der Waals surface area (Å²) in [5.41, 5.74) is 7.86. The van der Waals surface area contributed by atoms with E-state index in [4.69, 9.17) is 5.73 Å². The average molecular weight is 311 g/mol. The van der Waals surface area contributed by atoms with Crippen LogP contribution in [-0.2, 0) is 0 Å². The maximum absolute atomic E-state index is 12.5. The minimum absolute atomic E-state index is 0.0768. The Morgan fingerprint density at radius 1 is 1.50 bits per heavy atom. The fourth-order valence-corrected chi connectivity index (χ4v) is 2.70. The third-order valence-corrected chi connectivity index (χ3v) is 4.78. The van der Waals surface area contributed by atoms with E-state index in [1.165, 1.54) is 0 Å². The summed E-state index contributed by atoms with van der Waals surface area (Å²) in [7, 11) is 0. The first-order chi connectivity index (χ1) is 8.50. The molecule has 1 aromatic carbocycles. The Labute approximate surface area is 116 Å². The van der Waals surface area contributed by atoms with Crippen molar-refractivity contribution in [1.29, 1.82) is 0 Å². The van der Waals surface area contributed by atoms with Crippen molar-refractivity contribution in [1.82, 2.24) is 4.90 Å². The van der Waals surface area contributed by atoms with Gasteiger partial charge in [0, 0.05) is 23.6 Å². The SMILES string of the molecule is Cc1cccc(C(=O)N2CCC(C)C(N)C2)c1Br. The third-order valence-electron chi connectivity index (χ3n) is 3.73. The number of piperidine rings is 1. The van der Waals surface area contributed by atoms with Crippen LogP contribution in [0.25, 0.3) is 0 Å². The van der Waals surface area contributed by atoms with E-state index in [2.05, 4.69) is 22.9 Å². The van der Waals surface area contributed by atoms with Gasteiger partial charge in [-0.2, -0.15) is 0 Å². The Morgan fingerprint density at radius 2 is 2.22 bits per heavy atom. The Balaban J connectivity index is 2.19. The largest absolute Gasteiger partial charge is 0.337 e. The smallest absolute Gasteiger partial charge is 0.255 e. The van der Waals surface area contributed by atoms with Crippen LogP contribution in [0.1, 0.15) is 29.3 Å². The van der Waals surface area contributed by atoms with E-state index in [1.54, 1.807) is 0 Å². The molecule has 1 amide bonds. The second kappa shape index (κ2) is 5.41. The van der Waals surface area contributed by atoms with Crippen molar-refractivity contribution in [3.63, 3.8) is 0 Å². The van der Waals surface area contributed by atoms with Gasteiger partial charge in [0.15, 0.2) is 0 Å². The van der Waals surface area contributed by atoms with Gasteiger partial charge >= 0.3 is 0 Å². The lowest BCUT2D eigenvalue weighted by atomic mass is 9.94. The summed E-state index contributed by atoms with van der Waals surface area (Å²) < 4.78 is 0.891. The number of halogens is 1. The van der Waals surface area contributed by atoms with Gasteiger partial charge in [0.1, 0.15) is 0 Å². The summed E-state index contributed by atoms with van der Waals surface area (Å²) in [6.45, 7) is 5.59. The van der Waals surface area contributed by atoms with Crippen LogP contribution in [-0.4, -0.2) is 29.9 Å². The van der Waals surface area contributed by atoms with Crippen LogP contribution >= 0.6 is 15.9 Å². The molecule has 1 aromatic rings. The molecule has 0 saturated carbocycles. The number of hydrogen-bond donors (Lipinski definition) is 1. The van der Waals surface area contributed by atoms with Gasteiger partial charge in [-0.3, -0.25) is 4.79 Å². The Kier molecular flexibility index (Phi) is 4.07. The molecule has 1 aliphatic rings. The maximum atomic E-state index is 12.5. The van der Waals surface area contributed by atoms with Crippen LogP contribution in [0.5, 0.6) is 0 Å². The number of likely N-dealkylation sites (tertiary alicyclic amines) is 1. The van der Waals surface area contributed by atoms with Crippen molar-refractivity contribution >= 4 is 21.8 Å². The molecule has 0 aliphatic carbocycles. The summed E-state index contributed by atoms with van der Waals surface area (Å²) in [6.07, 6.45) is 0.982. The summed E-state index contributed by atoms with van der Waals surface area (Å²) in [4.78, 5) is 14.3. The summed E-state index contributed by atoms with van der Waals surface area (Å²) in [5.74, 6) is 0.572. The van der Waals surface area contributed by atoms with E-state index in [0.717, 1.165) is 28.6 Å². The number of rotatable bonds is 1. The molecule has 0 spiro atoms. The highest BCUT2D eigenvalue weighted by molar-refractivity contribution is 9.10. The topological polar surface area (TPSA) is 46.3 Å². The van der Waals surface area contributed by atoms with Gasteiger partial charge in [-0.15, -0.1) is 0 Å².